The summed E-state index contributed by atoms with van der Waals surface area (Å²) in [6.45, 7) is 1.73. The summed E-state index contributed by atoms with van der Waals surface area (Å²) in [4.78, 5) is 20.8. The van der Waals surface area contributed by atoms with Gasteiger partial charge in [-0.1, -0.05) is 18.2 Å². The van der Waals surface area contributed by atoms with Gasteiger partial charge in [0.1, 0.15) is 5.75 Å². The van der Waals surface area contributed by atoms with Crippen molar-refractivity contribution in [3.05, 3.63) is 29.8 Å². The van der Waals surface area contributed by atoms with Gasteiger partial charge in [-0.05, 0) is 18.6 Å². The van der Waals surface area contributed by atoms with E-state index < -0.39 is 11.9 Å². The van der Waals surface area contributed by atoms with Crippen molar-refractivity contribution in [2.75, 3.05) is 0 Å². The smallest absolute Gasteiger partial charge is 0.422 e. The monoisotopic (exact) mass is 180 g/mol. The van der Waals surface area contributed by atoms with Crippen LogP contribution in [0.15, 0.2) is 24.3 Å². The average Bonchev–Trinajstić information content (AvgIpc) is 2.08. The summed E-state index contributed by atoms with van der Waals surface area (Å²) in [6.07, 6.45) is 0. The second kappa shape index (κ2) is 3.71. The van der Waals surface area contributed by atoms with Gasteiger partial charge in [-0.25, -0.2) is 9.59 Å². The van der Waals surface area contributed by atoms with E-state index >= 15 is 0 Å². The number of para-hydroxylation sites is 1. The average molecular weight is 180 g/mol. The zero-order valence-corrected chi connectivity index (χ0v) is 6.98. The Hall–Kier alpha value is -1.84. The number of carboxylic acids is 1. The molecule has 4 nitrogen and oxygen atoms in total. The van der Waals surface area contributed by atoms with Crippen molar-refractivity contribution in [2.24, 2.45) is 0 Å². The largest absolute Gasteiger partial charge is 0.473 e. The molecule has 68 valence electrons. The first-order valence-electron chi connectivity index (χ1n) is 3.62. The molecule has 0 aromatic heterocycles. The molecule has 4 heteroatoms. The number of rotatable bonds is 1. The number of benzene rings is 1. The first-order valence-corrected chi connectivity index (χ1v) is 3.62. The Balaban J connectivity index is 2.81. The molecule has 0 spiro atoms. The van der Waals surface area contributed by atoms with Crippen LogP contribution in [0.2, 0.25) is 0 Å². The lowest BCUT2D eigenvalue weighted by atomic mass is 10.2. The van der Waals surface area contributed by atoms with E-state index in [-0.39, 0.29) is 5.75 Å². The van der Waals surface area contributed by atoms with E-state index in [9.17, 15) is 9.59 Å². The summed E-state index contributed by atoms with van der Waals surface area (Å²) in [5.41, 5.74) is 0.720. The van der Waals surface area contributed by atoms with Crippen LogP contribution >= 0.6 is 0 Å². The van der Waals surface area contributed by atoms with Crippen LogP contribution in [0.4, 0.5) is 0 Å². The van der Waals surface area contributed by atoms with E-state index in [1.165, 1.54) is 6.07 Å². The Morgan fingerprint density at radius 3 is 2.46 bits per heavy atom. The minimum Gasteiger partial charge on any atom is -0.473 e. The summed E-state index contributed by atoms with van der Waals surface area (Å²) < 4.78 is 4.57. The second-order valence-corrected chi connectivity index (χ2v) is 2.46. The zero-order valence-electron chi connectivity index (χ0n) is 6.98. The molecular weight excluding hydrogens is 172 g/mol. The van der Waals surface area contributed by atoms with Gasteiger partial charge in [0.2, 0.25) is 0 Å². The molecule has 13 heavy (non-hydrogen) atoms. The van der Waals surface area contributed by atoms with E-state index in [2.05, 4.69) is 4.74 Å². The topological polar surface area (TPSA) is 63.6 Å². The highest BCUT2D eigenvalue weighted by atomic mass is 16.6. The van der Waals surface area contributed by atoms with Crippen molar-refractivity contribution >= 4 is 11.9 Å². The lowest BCUT2D eigenvalue weighted by Crippen LogP contribution is -2.19. The number of carboxylic acid groups (broad SMARTS) is 1. The SMILES string of the molecule is Cc1ccccc1OC(=O)C(=O)O. The third-order valence-corrected chi connectivity index (χ3v) is 1.47. The molecule has 0 bridgehead atoms. The summed E-state index contributed by atoms with van der Waals surface area (Å²) >= 11 is 0. The fourth-order valence-electron chi connectivity index (χ4n) is 0.814. The minimum atomic E-state index is -1.59. The number of esters is 1. The predicted molar refractivity (Wildman–Crippen MR) is 44.4 cm³/mol. The lowest BCUT2D eigenvalue weighted by molar-refractivity contribution is -0.158. The lowest BCUT2D eigenvalue weighted by Gasteiger charge is -2.03. The van der Waals surface area contributed by atoms with Crippen molar-refractivity contribution < 1.29 is 19.4 Å². The quantitative estimate of drug-likeness (QED) is 0.397. The van der Waals surface area contributed by atoms with Crippen LogP contribution in [0.3, 0.4) is 0 Å². The molecule has 1 aromatic rings. The van der Waals surface area contributed by atoms with Crippen LogP contribution in [0.5, 0.6) is 5.75 Å². The van der Waals surface area contributed by atoms with Gasteiger partial charge < -0.3 is 9.84 Å². The summed E-state index contributed by atoms with van der Waals surface area (Å²) in [7, 11) is 0. The minimum absolute atomic E-state index is 0.273. The van der Waals surface area contributed by atoms with Gasteiger partial charge in [0.05, 0.1) is 0 Å². The van der Waals surface area contributed by atoms with Crippen molar-refractivity contribution in [3.63, 3.8) is 0 Å². The number of carbonyl (C=O) groups is 2. The predicted octanol–water partition coefficient (Wildman–Crippen LogP) is 0.985. The van der Waals surface area contributed by atoms with E-state index in [0.717, 1.165) is 5.56 Å². The fraction of sp³-hybridized carbons (Fsp3) is 0.111. The number of carbonyl (C=O) groups excluding carboxylic acids is 1. The van der Waals surface area contributed by atoms with Crippen LogP contribution in [-0.2, 0) is 9.59 Å². The van der Waals surface area contributed by atoms with Gasteiger partial charge in [0.25, 0.3) is 0 Å². The van der Waals surface area contributed by atoms with Gasteiger partial charge in [0.15, 0.2) is 0 Å². The van der Waals surface area contributed by atoms with E-state index in [1.54, 1.807) is 25.1 Å². The van der Waals surface area contributed by atoms with Crippen LogP contribution in [0, 0.1) is 6.92 Å². The number of hydrogen-bond donors (Lipinski definition) is 1. The Morgan fingerprint density at radius 1 is 1.31 bits per heavy atom. The highest BCUT2D eigenvalue weighted by Gasteiger charge is 2.14. The summed E-state index contributed by atoms with van der Waals surface area (Å²) in [5.74, 6) is -2.59. The summed E-state index contributed by atoms with van der Waals surface area (Å²) in [6, 6.07) is 6.70. The normalized spacial score (nSPS) is 9.31. The number of aliphatic carboxylic acids is 1. The Labute approximate surface area is 74.8 Å². The molecule has 0 amide bonds. The van der Waals surface area contributed by atoms with E-state index in [4.69, 9.17) is 5.11 Å². The molecule has 0 aliphatic rings. The van der Waals surface area contributed by atoms with Gasteiger partial charge in [-0.15, -0.1) is 0 Å². The molecule has 0 radical (unpaired) electrons. The molecule has 0 aliphatic carbocycles. The van der Waals surface area contributed by atoms with Crippen molar-refractivity contribution in [1.29, 1.82) is 0 Å². The maximum atomic E-state index is 10.6. The number of ether oxygens (including phenoxy) is 1. The zero-order chi connectivity index (χ0) is 9.84. The first-order chi connectivity index (χ1) is 6.11. The Kier molecular flexibility index (Phi) is 2.64. The molecule has 1 N–H and O–H groups in total. The first kappa shape index (κ1) is 9.25. The molecule has 1 rings (SSSR count). The maximum Gasteiger partial charge on any atom is 0.422 e. The van der Waals surface area contributed by atoms with Crippen LogP contribution in [0.25, 0.3) is 0 Å². The molecular formula is C9H8O4. The number of hydrogen-bond acceptors (Lipinski definition) is 3. The Bertz CT molecular complexity index is 343. The maximum absolute atomic E-state index is 10.6. The van der Waals surface area contributed by atoms with Gasteiger partial charge in [-0.2, -0.15) is 0 Å². The van der Waals surface area contributed by atoms with Crippen LogP contribution in [-0.4, -0.2) is 17.0 Å². The highest BCUT2D eigenvalue weighted by Crippen LogP contribution is 2.15. The van der Waals surface area contributed by atoms with Crippen molar-refractivity contribution in [3.8, 4) is 5.75 Å². The third kappa shape index (κ3) is 2.30. The number of aryl methyl sites for hydroxylation is 1. The van der Waals surface area contributed by atoms with E-state index in [0.29, 0.717) is 0 Å². The van der Waals surface area contributed by atoms with Crippen molar-refractivity contribution in [1.82, 2.24) is 0 Å². The summed E-state index contributed by atoms with van der Waals surface area (Å²) in [5, 5.41) is 8.26. The highest BCUT2D eigenvalue weighted by molar-refractivity contribution is 6.29. The molecule has 0 aliphatic heterocycles. The van der Waals surface area contributed by atoms with Gasteiger partial charge in [-0.3, -0.25) is 0 Å². The second-order valence-electron chi connectivity index (χ2n) is 2.46. The molecule has 0 saturated carbocycles. The third-order valence-electron chi connectivity index (χ3n) is 1.47. The van der Waals surface area contributed by atoms with Gasteiger partial charge >= 0.3 is 11.9 Å². The molecule has 0 fully saturated rings. The van der Waals surface area contributed by atoms with Crippen molar-refractivity contribution in [2.45, 2.75) is 6.92 Å². The van der Waals surface area contributed by atoms with E-state index in [1.807, 2.05) is 0 Å². The molecule has 0 unspecified atom stereocenters. The molecule has 0 saturated heterocycles. The molecule has 0 atom stereocenters. The van der Waals surface area contributed by atoms with Gasteiger partial charge in [0, 0.05) is 0 Å². The standard InChI is InChI=1S/C9H8O4/c1-6-4-2-3-5-7(6)13-9(12)8(10)11/h2-5H,1H3,(H,10,11). The fourth-order valence-corrected chi connectivity index (χ4v) is 0.814. The van der Waals surface area contributed by atoms with Crippen LogP contribution < -0.4 is 4.74 Å². The molecule has 1 aromatic carbocycles. The van der Waals surface area contributed by atoms with Crippen LogP contribution in [0.1, 0.15) is 5.56 Å². The molecule has 0 heterocycles. The Morgan fingerprint density at radius 2 is 1.92 bits per heavy atom.